The Morgan fingerprint density at radius 3 is 2.58 bits per heavy atom. The van der Waals surface area contributed by atoms with Gasteiger partial charge >= 0.3 is 0 Å². The molecule has 0 radical (unpaired) electrons. The highest BCUT2D eigenvalue weighted by Crippen LogP contribution is 2.26. The second kappa shape index (κ2) is 7.12. The third-order valence-corrected chi connectivity index (χ3v) is 4.14. The van der Waals surface area contributed by atoms with Crippen LogP contribution < -0.4 is 15.4 Å². The van der Waals surface area contributed by atoms with Crippen LogP contribution in [0.25, 0.3) is 0 Å². The summed E-state index contributed by atoms with van der Waals surface area (Å²) in [5.74, 6) is 0.570. The fourth-order valence-corrected chi connectivity index (χ4v) is 2.84. The van der Waals surface area contributed by atoms with Crippen LogP contribution in [0.1, 0.15) is 34.8 Å². The lowest BCUT2D eigenvalue weighted by Gasteiger charge is -2.33. The molecule has 2 N–H and O–H groups in total. The van der Waals surface area contributed by atoms with Crippen molar-refractivity contribution in [2.75, 3.05) is 7.11 Å². The average Bonchev–Trinajstić information content (AvgIpc) is 2.64. The maximum Gasteiger partial charge on any atom is 0.251 e. The third kappa shape index (κ3) is 3.53. The Hall–Kier alpha value is -2.89. The number of pyridine rings is 1. The monoisotopic (exact) mass is 325 g/mol. The van der Waals surface area contributed by atoms with Crippen LogP contribution in [0, 0.1) is 0 Å². The minimum absolute atomic E-state index is 0.00905. The topological polar surface area (TPSA) is 80.3 Å². The first-order valence-electron chi connectivity index (χ1n) is 7.81. The van der Waals surface area contributed by atoms with Gasteiger partial charge in [-0.1, -0.05) is 12.1 Å². The molecule has 2 aromatic rings. The molecule has 2 amide bonds. The molecule has 24 heavy (non-hydrogen) atoms. The first-order chi connectivity index (χ1) is 11.7. The van der Waals surface area contributed by atoms with Gasteiger partial charge in [0.05, 0.1) is 19.2 Å². The van der Waals surface area contributed by atoms with Crippen LogP contribution in [-0.4, -0.2) is 29.9 Å². The molecule has 0 saturated carbocycles. The molecule has 2 heterocycles. The molecular weight excluding hydrogens is 306 g/mol. The summed E-state index contributed by atoms with van der Waals surface area (Å²) in [7, 11) is 1.61. The van der Waals surface area contributed by atoms with Gasteiger partial charge < -0.3 is 15.4 Å². The molecule has 1 aromatic heterocycles. The summed E-state index contributed by atoms with van der Waals surface area (Å²) in [4.78, 5) is 28.1. The SMILES string of the molecule is COc1ccc(C2NC(=O)CCC2NC(=O)c2ccncc2)cc1. The van der Waals surface area contributed by atoms with Gasteiger partial charge in [0.2, 0.25) is 5.91 Å². The number of aromatic nitrogens is 1. The van der Waals surface area contributed by atoms with Crippen molar-refractivity contribution >= 4 is 11.8 Å². The number of nitrogens with one attached hydrogen (secondary N) is 2. The maximum absolute atomic E-state index is 12.4. The van der Waals surface area contributed by atoms with Gasteiger partial charge in [0.15, 0.2) is 0 Å². The first kappa shape index (κ1) is 16.0. The van der Waals surface area contributed by atoms with Gasteiger partial charge in [-0.05, 0) is 36.2 Å². The molecule has 1 aliphatic heterocycles. The zero-order valence-electron chi connectivity index (χ0n) is 13.4. The lowest BCUT2D eigenvalue weighted by atomic mass is 9.91. The highest BCUT2D eigenvalue weighted by atomic mass is 16.5. The third-order valence-electron chi connectivity index (χ3n) is 4.14. The van der Waals surface area contributed by atoms with Gasteiger partial charge in [0, 0.05) is 24.4 Å². The van der Waals surface area contributed by atoms with Crippen molar-refractivity contribution < 1.29 is 14.3 Å². The molecule has 124 valence electrons. The summed E-state index contributed by atoms with van der Waals surface area (Å²) in [6.07, 6.45) is 4.16. The number of hydrogen-bond donors (Lipinski definition) is 2. The van der Waals surface area contributed by atoms with Gasteiger partial charge in [0.25, 0.3) is 5.91 Å². The van der Waals surface area contributed by atoms with E-state index in [0.717, 1.165) is 11.3 Å². The molecule has 2 unspecified atom stereocenters. The number of benzene rings is 1. The number of ether oxygens (including phenoxy) is 1. The summed E-state index contributed by atoms with van der Waals surface area (Å²) in [5.41, 5.74) is 1.49. The van der Waals surface area contributed by atoms with E-state index in [1.54, 1.807) is 31.6 Å². The van der Waals surface area contributed by atoms with E-state index in [-0.39, 0.29) is 23.9 Å². The minimum Gasteiger partial charge on any atom is -0.497 e. The van der Waals surface area contributed by atoms with E-state index in [4.69, 9.17) is 4.74 Å². The predicted molar refractivity (Wildman–Crippen MR) is 88.6 cm³/mol. The number of carbonyl (C=O) groups is 2. The van der Waals surface area contributed by atoms with Gasteiger partial charge in [-0.25, -0.2) is 0 Å². The standard InChI is InChI=1S/C18H19N3O3/c1-24-14-4-2-12(3-5-14)17-15(6-7-16(22)21-17)20-18(23)13-8-10-19-11-9-13/h2-5,8-11,15,17H,6-7H2,1H3,(H,20,23)(H,21,22). The zero-order chi connectivity index (χ0) is 16.9. The molecule has 0 aliphatic carbocycles. The van der Waals surface area contributed by atoms with E-state index in [9.17, 15) is 9.59 Å². The van der Waals surface area contributed by atoms with E-state index in [1.807, 2.05) is 24.3 Å². The fourth-order valence-electron chi connectivity index (χ4n) is 2.84. The molecule has 1 aromatic carbocycles. The van der Waals surface area contributed by atoms with Crippen molar-refractivity contribution in [3.63, 3.8) is 0 Å². The van der Waals surface area contributed by atoms with Gasteiger partial charge in [0.1, 0.15) is 5.75 Å². The Bertz CT molecular complexity index is 716. The van der Waals surface area contributed by atoms with E-state index in [2.05, 4.69) is 15.6 Å². The average molecular weight is 325 g/mol. The molecule has 0 bridgehead atoms. The van der Waals surface area contributed by atoms with E-state index < -0.39 is 0 Å². The summed E-state index contributed by atoms with van der Waals surface area (Å²) in [5, 5.41) is 5.99. The molecule has 6 nitrogen and oxygen atoms in total. The smallest absolute Gasteiger partial charge is 0.251 e. The van der Waals surface area contributed by atoms with E-state index in [0.29, 0.717) is 18.4 Å². The number of rotatable bonds is 4. The molecule has 1 fully saturated rings. The van der Waals surface area contributed by atoms with Gasteiger partial charge in [-0.15, -0.1) is 0 Å². The Balaban J connectivity index is 1.78. The predicted octanol–water partition coefficient (Wildman–Crippen LogP) is 1.84. The number of carbonyl (C=O) groups excluding carboxylic acids is 2. The van der Waals surface area contributed by atoms with Gasteiger partial charge in [-0.3, -0.25) is 14.6 Å². The van der Waals surface area contributed by atoms with Crippen molar-refractivity contribution in [3.05, 3.63) is 59.9 Å². The van der Waals surface area contributed by atoms with Crippen LogP contribution in [0.4, 0.5) is 0 Å². The minimum atomic E-state index is -0.261. The normalized spacial score (nSPS) is 20.1. The quantitative estimate of drug-likeness (QED) is 0.899. The number of nitrogens with zero attached hydrogens (tertiary/aromatic N) is 1. The Morgan fingerprint density at radius 1 is 1.21 bits per heavy atom. The Morgan fingerprint density at radius 2 is 1.92 bits per heavy atom. The zero-order valence-corrected chi connectivity index (χ0v) is 13.4. The van der Waals surface area contributed by atoms with Crippen molar-refractivity contribution in [3.8, 4) is 5.75 Å². The Labute approximate surface area is 140 Å². The summed E-state index contributed by atoms with van der Waals surface area (Å²) in [6, 6.07) is 10.4. The van der Waals surface area contributed by atoms with Crippen molar-refractivity contribution in [2.45, 2.75) is 24.9 Å². The lowest BCUT2D eigenvalue weighted by Crippen LogP contribution is -2.50. The fraction of sp³-hybridized carbons (Fsp3) is 0.278. The lowest BCUT2D eigenvalue weighted by molar-refractivity contribution is -0.123. The van der Waals surface area contributed by atoms with Crippen LogP contribution in [0.2, 0.25) is 0 Å². The second-order valence-electron chi connectivity index (χ2n) is 5.67. The van der Waals surface area contributed by atoms with E-state index >= 15 is 0 Å². The molecule has 6 heteroatoms. The van der Waals surface area contributed by atoms with Gasteiger partial charge in [-0.2, -0.15) is 0 Å². The molecule has 1 aliphatic rings. The van der Waals surface area contributed by atoms with Crippen molar-refractivity contribution in [1.82, 2.24) is 15.6 Å². The van der Waals surface area contributed by atoms with Crippen LogP contribution in [0.5, 0.6) is 5.75 Å². The summed E-state index contributed by atoms with van der Waals surface area (Å²) in [6.45, 7) is 0. The van der Waals surface area contributed by atoms with Crippen molar-refractivity contribution in [2.24, 2.45) is 0 Å². The Kier molecular flexibility index (Phi) is 4.74. The van der Waals surface area contributed by atoms with E-state index in [1.165, 1.54) is 0 Å². The largest absolute Gasteiger partial charge is 0.497 e. The molecule has 2 atom stereocenters. The maximum atomic E-state index is 12.4. The second-order valence-corrected chi connectivity index (χ2v) is 5.67. The van der Waals surface area contributed by atoms with Crippen LogP contribution in [0.15, 0.2) is 48.8 Å². The number of methoxy groups -OCH3 is 1. The summed E-state index contributed by atoms with van der Waals surface area (Å²) >= 11 is 0. The number of piperidine rings is 1. The molecule has 0 spiro atoms. The first-order valence-corrected chi connectivity index (χ1v) is 7.81. The highest BCUT2D eigenvalue weighted by Gasteiger charge is 2.31. The molecule has 1 saturated heterocycles. The molecule has 3 rings (SSSR count). The van der Waals surface area contributed by atoms with Crippen LogP contribution >= 0.6 is 0 Å². The highest BCUT2D eigenvalue weighted by molar-refractivity contribution is 5.94. The van der Waals surface area contributed by atoms with Crippen LogP contribution in [0.3, 0.4) is 0 Å². The van der Waals surface area contributed by atoms with Crippen LogP contribution in [-0.2, 0) is 4.79 Å². The number of amides is 2. The number of hydrogen-bond acceptors (Lipinski definition) is 4. The summed E-state index contributed by atoms with van der Waals surface area (Å²) < 4.78 is 5.16. The molecular formula is C18H19N3O3. The van der Waals surface area contributed by atoms with Crippen molar-refractivity contribution in [1.29, 1.82) is 0 Å².